The molecule has 2 rings (SSSR count). The molecule has 2 aromatic heterocycles. The number of fused-ring (bicyclic) bond motifs is 1. The van der Waals surface area contributed by atoms with Gasteiger partial charge >= 0.3 is 0 Å². The van der Waals surface area contributed by atoms with Gasteiger partial charge in [0.05, 0.1) is 0 Å². The van der Waals surface area contributed by atoms with Gasteiger partial charge in [-0.15, -0.1) is 0 Å². The molecule has 0 aliphatic carbocycles. The maximum Gasteiger partial charge on any atom is 0.0452 e. The third-order valence-electron chi connectivity index (χ3n) is 1.93. The van der Waals surface area contributed by atoms with Crippen molar-refractivity contribution in [1.82, 2.24) is 4.40 Å². The van der Waals surface area contributed by atoms with Gasteiger partial charge in [0.2, 0.25) is 0 Å². The van der Waals surface area contributed by atoms with E-state index in [0.717, 1.165) is 0 Å². The highest BCUT2D eigenvalue weighted by atomic mass is 32.2. The molecule has 2 heterocycles. The van der Waals surface area contributed by atoms with Crippen molar-refractivity contribution in [3.05, 3.63) is 42.2 Å². The van der Waals surface area contributed by atoms with Crippen LogP contribution in [0.25, 0.3) is 5.52 Å². The van der Waals surface area contributed by atoms with Crippen LogP contribution in [-0.4, -0.2) is 16.4 Å². The molecular weight excluding hydrogens is 190 g/mol. The molecule has 0 atom stereocenters. The van der Waals surface area contributed by atoms with Crippen molar-refractivity contribution >= 4 is 17.3 Å². The maximum absolute atomic E-state index is 2.17. The standard InChI is InChI=1S/C9H9N.C3H8S/c1-8-6-9-4-2-3-5-10(9)7-8;1-3-4-2/h2-7H,1H3;3H2,1-2H3. The van der Waals surface area contributed by atoms with Gasteiger partial charge in [-0.2, -0.15) is 11.8 Å². The van der Waals surface area contributed by atoms with Crippen molar-refractivity contribution in [1.29, 1.82) is 0 Å². The monoisotopic (exact) mass is 207 g/mol. The number of rotatable bonds is 1. The average molecular weight is 207 g/mol. The van der Waals surface area contributed by atoms with E-state index >= 15 is 0 Å². The van der Waals surface area contributed by atoms with Crippen LogP contribution < -0.4 is 0 Å². The maximum atomic E-state index is 2.17. The molecule has 0 aliphatic rings. The highest BCUT2D eigenvalue weighted by molar-refractivity contribution is 7.98. The Morgan fingerprint density at radius 3 is 2.64 bits per heavy atom. The van der Waals surface area contributed by atoms with Gasteiger partial charge in [-0.3, -0.25) is 0 Å². The molecule has 2 aromatic rings. The van der Waals surface area contributed by atoms with Crippen molar-refractivity contribution in [2.75, 3.05) is 12.0 Å². The van der Waals surface area contributed by atoms with Crippen LogP contribution in [-0.2, 0) is 0 Å². The van der Waals surface area contributed by atoms with Crippen LogP contribution in [0.15, 0.2) is 36.7 Å². The predicted octanol–water partition coefficient (Wildman–Crippen LogP) is 3.62. The van der Waals surface area contributed by atoms with E-state index in [4.69, 9.17) is 0 Å². The molecule has 14 heavy (non-hydrogen) atoms. The fourth-order valence-electron chi connectivity index (χ4n) is 1.20. The Hall–Kier alpha value is -0.890. The number of aromatic nitrogens is 1. The van der Waals surface area contributed by atoms with Crippen molar-refractivity contribution in [2.45, 2.75) is 13.8 Å². The Kier molecular flexibility index (Phi) is 4.60. The van der Waals surface area contributed by atoms with Crippen LogP contribution >= 0.6 is 11.8 Å². The van der Waals surface area contributed by atoms with Crippen LogP contribution in [0.4, 0.5) is 0 Å². The van der Waals surface area contributed by atoms with Crippen LogP contribution in [0, 0.1) is 6.92 Å². The lowest BCUT2D eigenvalue weighted by Gasteiger charge is -1.88. The lowest BCUT2D eigenvalue weighted by Crippen LogP contribution is -1.75. The fourth-order valence-corrected chi connectivity index (χ4v) is 1.20. The second kappa shape index (κ2) is 5.76. The summed E-state index contributed by atoms with van der Waals surface area (Å²) in [6.07, 6.45) is 6.28. The van der Waals surface area contributed by atoms with Gasteiger partial charge < -0.3 is 4.40 Å². The molecule has 0 saturated carbocycles. The topological polar surface area (TPSA) is 4.41 Å². The molecule has 0 radical (unpaired) electrons. The first kappa shape index (κ1) is 11.2. The largest absolute Gasteiger partial charge is 0.324 e. The molecule has 0 aliphatic heterocycles. The fraction of sp³-hybridized carbons (Fsp3) is 0.333. The second-order valence-electron chi connectivity index (χ2n) is 3.13. The van der Waals surface area contributed by atoms with E-state index in [0.29, 0.717) is 0 Å². The summed E-state index contributed by atoms with van der Waals surface area (Å²) in [7, 11) is 0. The third-order valence-corrected chi connectivity index (χ3v) is 2.51. The van der Waals surface area contributed by atoms with Gasteiger partial charge in [0, 0.05) is 17.9 Å². The molecule has 76 valence electrons. The van der Waals surface area contributed by atoms with E-state index in [1.165, 1.54) is 16.8 Å². The highest BCUT2D eigenvalue weighted by Gasteiger charge is 1.90. The summed E-state index contributed by atoms with van der Waals surface area (Å²) >= 11 is 1.86. The second-order valence-corrected chi connectivity index (χ2v) is 4.28. The molecule has 0 fully saturated rings. The quantitative estimate of drug-likeness (QED) is 0.691. The lowest BCUT2D eigenvalue weighted by atomic mass is 10.3. The number of hydrogen-bond donors (Lipinski definition) is 0. The molecule has 0 N–H and O–H groups in total. The minimum absolute atomic E-state index is 1.24. The summed E-state index contributed by atoms with van der Waals surface area (Å²) in [5, 5.41) is 0. The Labute approximate surface area is 90.1 Å². The highest BCUT2D eigenvalue weighted by Crippen LogP contribution is 2.07. The van der Waals surface area contributed by atoms with E-state index in [-0.39, 0.29) is 0 Å². The summed E-state index contributed by atoms with van der Waals surface area (Å²) in [6, 6.07) is 8.36. The summed E-state index contributed by atoms with van der Waals surface area (Å²) in [5.41, 5.74) is 2.58. The van der Waals surface area contributed by atoms with E-state index in [9.17, 15) is 0 Å². The van der Waals surface area contributed by atoms with E-state index in [1.807, 2.05) is 17.8 Å². The Bertz CT molecular complexity index is 343. The summed E-state index contributed by atoms with van der Waals surface area (Å²) < 4.78 is 2.12. The Morgan fingerprint density at radius 2 is 2.07 bits per heavy atom. The predicted molar refractivity (Wildman–Crippen MR) is 66.2 cm³/mol. The SMILES string of the molecule is CCSC.Cc1cc2ccccn2c1. The molecule has 0 bridgehead atoms. The van der Waals surface area contributed by atoms with E-state index in [2.05, 4.69) is 55.1 Å². The van der Waals surface area contributed by atoms with Gasteiger partial charge in [0.1, 0.15) is 0 Å². The number of aryl methyl sites for hydroxylation is 1. The molecule has 0 spiro atoms. The summed E-state index contributed by atoms with van der Waals surface area (Å²) in [6.45, 7) is 4.25. The molecular formula is C12H17NS. The number of pyridine rings is 1. The summed E-state index contributed by atoms with van der Waals surface area (Å²) in [4.78, 5) is 0. The van der Waals surface area contributed by atoms with Crippen LogP contribution in [0.5, 0.6) is 0 Å². The van der Waals surface area contributed by atoms with Gasteiger partial charge in [0.25, 0.3) is 0 Å². The van der Waals surface area contributed by atoms with Crippen LogP contribution in [0.3, 0.4) is 0 Å². The van der Waals surface area contributed by atoms with E-state index < -0.39 is 0 Å². The molecule has 0 saturated heterocycles. The Balaban J connectivity index is 0.000000213. The van der Waals surface area contributed by atoms with Gasteiger partial charge in [-0.25, -0.2) is 0 Å². The van der Waals surface area contributed by atoms with Gasteiger partial charge in [-0.05, 0) is 42.7 Å². The molecule has 0 amide bonds. The smallest absolute Gasteiger partial charge is 0.0452 e. The van der Waals surface area contributed by atoms with E-state index in [1.54, 1.807) is 0 Å². The zero-order valence-electron chi connectivity index (χ0n) is 9.03. The first-order valence-electron chi connectivity index (χ1n) is 4.80. The number of hydrogen-bond acceptors (Lipinski definition) is 1. The first-order valence-corrected chi connectivity index (χ1v) is 6.19. The third kappa shape index (κ3) is 3.11. The van der Waals surface area contributed by atoms with Crippen LogP contribution in [0.2, 0.25) is 0 Å². The molecule has 0 aromatic carbocycles. The normalized spacial score (nSPS) is 9.64. The molecule has 2 heteroatoms. The van der Waals surface area contributed by atoms with Crippen molar-refractivity contribution in [3.8, 4) is 0 Å². The number of nitrogens with zero attached hydrogens (tertiary/aromatic N) is 1. The number of thioether (sulfide) groups is 1. The van der Waals surface area contributed by atoms with Gasteiger partial charge in [0.15, 0.2) is 0 Å². The lowest BCUT2D eigenvalue weighted by molar-refractivity contribution is 1.19. The van der Waals surface area contributed by atoms with Crippen molar-refractivity contribution in [3.63, 3.8) is 0 Å². The first-order chi connectivity index (χ1) is 6.77. The van der Waals surface area contributed by atoms with Crippen molar-refractivity contribution in [2.24, 2.45) is 0 Å². The Morgan fingerprint density at radius 1 is 1.36 bits per heavy atom. The van der Waals surface area contributed by atoms with Crippen molar-refractivity contribution < 1.29 is 0 Å². The average Bonchev–Trinajstić information content (AvgIpc) is 2.58. The molecule has 1 nitrogen and oxygen atoms in total. The minimum Gasteiger partial charge on any atom is -0.324 e. The summed E-state index contributed by atoms with van der Waals surface area (Å²) in [5.74, 6) is 1.24. The zero-order valence-corrected chi connectivity index (χ0v) is 9.84. The minimum atomic E-state index is 1.24. The van der Waals surface area contributed by atoms with Gasteiger partial charge in [-0.1, -0.05) is 13.0 Å². The van der Waals surface area contributed by atoms with Crippen LogP contribution in [0.1, 0.15) is 12.5 Å². The molecule has 0 unspecified atom stereocenters. The zero-order chi connectivity index (χ0) is 10.4.